The quantitative estimate of drug-likeness (QED) is 0.667. The van der Waals surface area contributed by atoms with E-state index >= 15 is 0 Å². The lowest BCUT2D eigenvalue weighted by molar-refractivity contribution is -0.147. The first-order valence-electron chi connectivity index (χ1n) is 7.32. The lowest BCUT2D eigenvalue weighted by atomic mass is 9.81. The van der Waals surface area contributed by atoms with Gasteiger partial charge in [-0.3, -0.25) is 9.59 Å². The molecular weight excluding hydrogens is 244 g/mol. The Morgan fingerprint density at radius 1 is 1.11 bits per heavy atom. The smallest absolute Gasteiger partial charge is 0.308 e. The average Bonchev–Trinajstić information content (AvgIpc) is 2.46. The van der Waals surface area contributed by atoms with Crippen LogP contribution in [0.4, 0.5) is 0 Å². The highest BCUT2D eigenvalue weighted by Gasteiger charge is 2.24. The van der Waals surface area contributed by atoms with Crippen molar-refractivity contribution in [1.82, 2.24) is 0 Å². The van der Waals surface area contributed by atoms with Crippen LogP contribution in [0.15, 0.2) is 0 Å². The van der Waals surface area contributed by atoms with Gasteiger partial charge >= 0.3 is 11.9 Å². The van der Waals surface area contributed by atoms with E-state index in [0.29, 0.717) is 18.8 Å². The molecule has 4 nitrogen and oxygen atoms in total. The van der Waals surface area contributed by atoms with Crippen molar-refractivity contribution in [3.05, 3.63) is 0 Å². The number of ether oxygens (including phenoxy) is 2. The topological polar surface area (TPSA) is 52.6 Å². The molecule has 1 saturated carbocycles. The van der Waals surface area contributed by atoms with E-state index in [1.54, 1.807) is 0 Å². The molecule has 1 unspecified atom stereocenters. The molecule has 0 heterocycles. The first-order chi connectivity index (χ1) is 9.17. The molecule has 1 aliphatic carbocycles. The van der Waals surface area contributed by atoms with Crippen molar-refractivity contribution < 1.29 is 19.1 Å². The summed E-state index contributed by atoms with van der Waals surface area (Å²) >= 11 is 0. The largest absolute Gasteiger partial charge is 0.469 e. The first kappa shape index (κ1) is 16.0. The molecule has 0 N–H and O–H groups in total. The monoisotopic (exact) mass is 270 g/mol. The van der Waals surface area contributed by atoms with Crippen molar-refractivity contribution >= 4 is 11.9 Å². The lowest BCUT2D eigenvalue weighted by Gasteiger charge is -2.25. The summed E-state index contributed by atoms with van der Waals surface area (Å²) in [5.41, 5.74) is 0. The Hall–Kier alpha value is -1.06. The summed E-state index contributed by atoms with van der Waals surface area (Å²) in [5, 5.41) is 0. The molecule has 110 valence electrons. The summed E-state index contributed by atoms with van der Waals surface area (Å²) in [6.45, 7) is 0. The fourth-order valence-corrected chi connectivity index (χ4v) is 2.92. The number of rotatable bonds is 7. The number of esters is 2. The molecule has 4 heteroatoms. The van der Waals surface area contributed by atoms with Crippen molar-refractivity contribution in [2.75, 3.05) is 14.2 Å². The molecule has 0 radical (unpaired) electrons. The summed E-state index contributed by atoms with van der Waals surface area (Å²) < 4.78 is 9.50. The minimum atomic E-state index is -0.207. The third-order valence-corrected chi connectivity index (χ3v) is 4.04. The first-order valence-corrected chi connectivity index (χ1v) is 7.32. The van der Waals surface area contributed by atoms with Crippen LogP contribution in [0.1, 0.15) is 57.8 Å². The van der Waals surface area contributed by atoms with E-state index < -0.39 is 0 Å². The van der Waals surface area contributed by atoms with Gasteiger partial charge in [-0.05, 0) is 25.2 Å². The van der Waals surface area contributed by atoms with Gasteiger partial charge in [0.05, 0.1) is 20.1 Å². The zero-order valence-electron chi connectivity index (χ0n) is 12.2. The summed E-state index contributed by atoms with van der Waals surface area (Å²) in [5.74, 6) is 0.255. The molecule has 0 aromatic carbocycles. The second-order valence-electron chi connectivity index (χ2n) is 5.43. The van der Waals surface area contributed by atoms with Crippen LogP contribution in [0.5, 0.6) is 0 Å². The number of carbonyl (C=O) groups excluding carboxylic acids is 2. The van der Waals surface area contributed by atoms with Crippen LogP contribution in [0.2, 0.25) is 0 Å². The zero-order chi connectivity index (χ0) is 14.1. The van der Waals surface area contributed by atoms with E-state index in [-0.39, 0.29) is 17.9 Å². The lowest BCUT2D eigenvalue weighted by Crippen LogP contribution is -2.21. The Labute approximate surface area is 115 Å². The van der Waals surface area contributed by atoms with E-state index in [9.17, 15) is 9.59 Å². The van der Waals surface area contributed by atoms with Crippen LogP contribution in [0.25, 0.3) is 0 Å². The molecule has 1 rings (SSSR count). The molecule has 1 fully saturated rings. The van der Waals surface area contributed by atoms with Crippen molar-refractivity contribution in [1.29, 1.82) is 0 Å². The molecule has 0 aromatic heterocycles. The average molecular weight is 270 g/mol. The van der Waals surface area contributed by atoms with E-state index in [2.05, 4.69) is 4.74 Å². The van der Waals surface area contributed by atoms with Gasteiger partial charge in [-0.2, -0.15) is 0 Å². The van der Waals surface area contributed by atoms with Gasteiger partial charge in [0, 0.05) is 6.42 Å². The Balaban J connectivity index is 2.37. The van der Waals surface area contributed by atoms with Crippen LogP contribution in [0.3, 0.4) is 0 Å². The second-order valence-corrected chi connectivity index (χ2v) is 5.43. The normalized spacial score (nSPS) is 17.8. The third kappa shape index (κ3) is 6.08. The standard InChI is InChI=1S/C15H26O4/c1-18-14(16)10-6-9-13(15(17)19-2)11-12-7-4-3-5-8-12/h12-13H,3-11H2,1-2H3. The summed E-state index contributed by atoms with van der Waals surface area (Å²) in [6, 6.07) is 0. The minimum Gasteiger partial charge on any atom is -0.469 e. The Kier molecular flexibility index (Phi) is 7.53. The highest BCUT2D eigenvalue weighted by atomic mass is 16.5. The van der Waals surface area contributed by atoms with Gasteiger partial charge in [-0.1, -0.05) is 32.1 Å². The predicted molar refractivity (Wildman–Crippen MR) is 72.6 cm³/mol. The molecule has 0 spiro atoms. The number of hydrogen-bond donors (Lipinski definition) is 0. The Bertz CT molecular complexity index is 282. The molecule has 0 amide bonds. The molecule has 0 aliphatic heterocycles. The molecular formula is C15H26O4. The van der Waals surface area contributed by atoms with Crippen LogP contribution in [-0.4, -0.2) is 26.2 Å². The molecule has 1 atom stereocenters. The summed E-state index contributed by atoms with van der Waals surface area (Å²) in [7, 11) is 2.83. The highest BCUT2D eigenvalue weighted by molar-refractivity contribution is 5.72. The van der Waals surface area contributed by atoms with Gasteiger partial charge < -0.3 is 9.47 Å². The van der Waals surface area contributed by atoms with Crippen molar-refractivity contribution in [3.8, 4) is 0 Å². The maximum atomic E-state index is 11.8. The fraction of sp³-hybridized carbons (Fsp3) is 0.867. The van der Waals surface area contributed by atoms with Gasteiger partial charge in [0.25, 0.3) is 0 Å². The van der Waals surface area contributed by atoms with Crippen molar-refractivity contribution in [3.63, 3.8) is 0 Å². The van der Waals surface area contributed by atoms with E-state index in [0.717, 1.165) is 12.8 Å². The Morgan fingerprint density at radius 3 is 2.37 bits per heavy atom. The zero-order valence-corrected chi connectivity index (χ0v) is 12.2. The predicted octanol–water partition coefficient (Wildman–Crippen LogP) is 3.09. The van der Waals surface area contributed by atoms with Crippen LogP contribution >= 0.6 is 0 Å². The van der Waals surface area contributed by atoms with Crippen LogP contribution in [-0.2, 0) is 19.1 Å². The van der Waals surface area contributed by atoms with Crippen molar-refractivity contribution in [2.24, 2.45) is 11.8 Å². The number of methoxy groups -OCH3 is 2. The van der Waals surface area contributed by atoms with Gasteiger partial charge in [0.2, 0.25) is 0 Å². The third-order valence-electron chi connectivity index (χ3n) is 4.04. The Morgan fingerprint density at radius 2 is 1.79 bits per heavy atom. The molecule has 0 bridgehead atoms. The van der Waals surface area contributed by atoms with Gasteiger partial charge in [0.1, 0.15) is 0 Å². The van der Waals surface area contributed by atoms with Gasteiger partial charge in [0.15, 0.2) is 0 Å². The SMILES string of the molecule is COC(=O)CCCC(CC1CCCCC1)C(=O)OC. The van der Waals surface area contributed by atoms with E-state index in [1.807, 2.05) is 0 Å². The van der Waals surface area contributed by atoms with Gasteiger partial charge in [-0.25, -0.2) is 0 Å². The number of hydrogen-bond acceptors (Lipinski definition) is 4. The highest BCUT2D eigenvalue weighted by Crippen LogP contribution is 2.31. The number of carbonyl (C=O) groups is 2. The molecule has 0 aromatic rings. The summed E-state index contributed by atoms with van der Waals surface area (Å²) in [6.07, 6.45) is 9.04. The van der Waals surface area contributed by atoms with Gasteiger partial charge in [-0.15, -0.1) is 0 Å². The van der Waals surface area contributed by atoms with E-state index in [4.69, 9.17) is 4.74 Å². The molecule has 0 saturated heterocycles. The van der Waals surface area contributed by atoms with E-state index in [1.165, 1.54) is 46.3 Å². The fourth-order valence-electron chi connectivity index (χ4n) is 2.92. The van der Waals surface area contributed by atoms with Crippen LogP contribution in [0, 0.1) is 11.8 Å². The maximum absolute atomic E-state index is 11.8. The molecule has 19 heavy (non-hydrogen) atoms. The van der Waals surface area contributed by atoms with Crippen molar-refractivity contribution in [2.45, 2.75) is 57.8 Å². The maximum Gasteiger partial charge on any atom is 0.308 e. The minimum absolute atomic E-state index is 0.0576. The second kappa shape index (κ2) is 8.94. The van der Waals surface area contributed by atoms with Crippen LogP contribution < -0.4 is 0 Å². The molecule has 1 aliphatic rings. The summed E-state index contributed by atoms with van der Waals surface area (Å²) in [4.78, 5) is 22.9.